The molecule has 1 saturated heterocycles. The van der Waals surface area contributed by atoms with Crippen LogP contribution in [0.4, 0.5) is 0 Å². The predicted molar refractivity (Wildman–Crippen MR) is 67.4 cm³/mol. The van der Waals surface area contributed by atoms with Crippen LogP contribution in [0.15, 0.2) is 0 Å². The fourth-order valence-corrected chi connectivity index (χ4v) is 1.95. The molecule has 0 atom stereocenters. The molecule has 1 amide bonds. The number of hydrogen-bond acceptors (Lipinski definition) is 2. The fourth-order valence-electron chi connectivity index (χ4n) is 1.95. The Morgan fingerprint density at radius 2 is 1.69 bits per heavy atom. The van der Waals surface area contributed by atoms with Gasteiger partial charge in [0.05, 0.1) is 0 Å². The summed E-state index contributed by atoms with van der Waals surface area (Å²) in [4.78, 5) is 16.4. The molecule has 1 aliphatic rings. The second-order valence-electron chi connectivity index (χ2n) is 5.88. The van der Waals surface area contributed by atoms with Crippen molar-refractivity contribution in [2.75, 3.05) is 32.7 Å². The molecule has 0 aromatic carbocycles. The van der Waals surface area contributed by atoms with E-state index in [2.05, 4.69) is 32.6 Å². The van der Waals surface area contributed by atoms with Gasteiger partial charge >= 0.3 is 0 Å². The average Bonchev–Trinajstić information content (AvgIpc) is 2.25. The van der Waals surface area contributed by atoms with Gasteiger partial charge in [-0.05, 0) is 18.4 Å². The molecule has 16 heavy (non-hydrogen) atoms. The van der Waals surface area contributed by atoms with Gasteiger partial charge in [-0.25, -0.2) is 0 Å². The lowest BCUT2D eigenvalue weighted by atomic mass is 9.90. The summed E-state index contributed by atoms with van der Waals surface area (Å²) < 4.78 is 0. The predicted octanol–water partition coefficient (Wildman–Crippen LogP) is 1.98. The zero-order valence-electron chi connectivity index (χ0n) is 11.3. The molecule has 0 aromatic rings. The van der Waals surface area contributed by atoms with Gasteiger partial charge in [-0.1, -0.05) is 27.7 Å². The molecule has 0 unspecified atom stereocenters. The van der Waals surface area contributed by atoms with E-state index in [0.717, 1.165) is 39.1 Å². The van der Waals surface area contributed by atoms with Gasteiger partial charge in [0.25, 0.3) is 0 Å². The second kappa shape index (κ2) is 5.67. The summed E-state index contributed by atoms with van der Waals surface area (Å²) in [6.07, 6.45) is 1.69. The molecule has 0 aliphatic carbocycles. The molecular formula is C13H26N2O. The number of nitrogens with zero attached hydrogens (tertiary/aromatic N) is 2. The van der Waals surface area contributed by atoms with E-state index in [-0.39, 0.29) is 5.41 Å². The van der Waals surface area contributed by atoms with Crippen molar-refractivity contribution in [3.63, 3.8) is 0 Å². The number of carbonyl (C=O) groups excluding carboxylic acids is 1. The molecule has 1 fully saturated rings. The first-order valence-electron chi connectivity index (χ1n) is 6.42. The quantitative estimate of drug-likeness (QED) is 0.734. The van der Waals surface area contributed by atoms with Gasteiger partial charge < -0.3 is 9.80 Å². The number of amides is 1. The van der Waals surface area contributed by atoms with Gasteiger partial charge in [0.15, 0.2) is 0 Å². The number of hydrogen-bond donors (Lipinski definition) is 0. The van der Waals surface area contributed by atoms with Crippen molar-refractivity contribution >= 4 is 5.91 Å². The third kappa shape index (κ3) is 4.52. The summed E-state index contributed by atoms with van der Waals surface area (Å²) in [6.45, 7) is 13.8. The lowest BCUT2D eigenvalue weighted by Gasteiger charge is -2.34. The van der Waals surface area contributed by atoms with E-state index >= 15 is 0 Å². The van der Waals surface area contributed by atoms with Crippen molar-refractivity contribution in [2.24, 2.45) is 5.41 Å². The topological polar surface area (TPSA) is 23.6 Å². The van der Waals surface area contributed by atoms with Crippen molar-refractivity contribution in [2.45, 2.75) is 40.5 Å². The van der Waals surface area contributed by atoms with Gasteiger partial charge in [-0.15, -0.1) is 0 Å². The molecule has 1 aliphatic heterocycles. The highest BCUT2D eigenvalue weighted by molar-refractivity contribution is 5.76. The molecule has 0 radical (unpaired) electrons. The molecule has 3 nitrogen and oxygen atoms in total. The minimum Gasteiger partial charge on any atom is -0.340 e. The van der Waals surface area contributed by atoms with E-state index < -0.39 is 0 Å². The van der Waals surface area contributed by atoms with Crippen LogP contribution in [0, 0.1) is 5.41 Å². The van der Waals surface area contributed by atoms with E-state index in [4.69, 9.17) is 0 Å². The molecule has 0 bridgehead atoms. The van der Waals surface area contributed by atoms with Gasteiger partial charge in [0.1, 0.15) is 0 Å². The molecule has 0 aromatic heterocycles. The van der Waals surface area contributed by atoms with Crippen molar-refractivity contribution in [3.8, 4) is 0 Å². The van der Waals surface area contributed by atoms with E-state index in [1.165, 1.54) is 0 Å². The first-order valence-corrected chi connectivity index (χ1v) is 6.42. The smallest absolute Gasteiger partial charge is 0.222 e. The van der Waals surface area contributed by atoms with Gasteiger partial charge in [-0.2, -0.15) is 0 Å². The van der Waals surface area contributed by atoms with Crippen LogP contribution in [0.25, 0.3) is 0 Å². The number of carbonyl (C=O) groups is 1. The molecule has 3 heteroatoms. The largest absolute Gasteiger partial charge is 0.340 e. The Bertz CT molecular complexity index is 225. The monoisotopic (exact) mass is 226 g/mol. The highest BCUT2D eigenvalue weighted by atomic mass is 16.2. The minimum absolute atomic E-state index is 0.265. The average molecular weight is 226 g/mol. The van der Waals surface area contributed by atoms with Crippen LogP contribution in [-0.2, 0) is 4.79 Å². The third-order valence-electron chi connectivity index (χ3n) is 3.26. The highest BCUT2D eigenvalue weighted by Gasteiger charge is 2.21. The van der Waals surface area contributed by atoms with Crippen LogP contribution in [0.1, 0.15) is 40.5 Å². The third-order valence-corrected chi connectivity index (χ3v) is 3.26. The van der Waals surface area contributed by atoms with Crippen LogP contribution in [0.3, 0.4) is 0 Å². The van der Waals surface area contributed by atoms with Gasteiger partial charge in [0.2, 0.25) is 5.91 Å². The maximum atomic E-state index is 11.9. The molecule has 94 valence electrons. The molecule has 1 heterocycles. The number of piperazine rings is 1. The first kappa shape index (κ1) is 13.5. The van der Waals surface area contributed by atoms with E-state index in [1.807, 2.05) is 4.90 Å². The fraction of sp³-hybridized carbons (Fsp3) is 0.923. The lowest BCUT2D eigenvalue weighted by Crippen LogP contribution is -2.48. The van der Waals surface area contributed by atoms with Crippen molar-refractivity contribution in [1.82, 2.24) is 9.80 Å². The Morgan fingerprint density at radius 3 is 2.12 bits per heavy atom. The highest BCUT2D eigenvalue weighted by Crippen LogP contribution is 2.21. The number of likely N-dealkylation sites (N-methyl/N-ethyl adjacent to an activating group) is 1. The molecular weight excluding hydrogens is 200 g/mol. The van der Waals surface area contributed by atoms with Crippen LogP contribution >= 0.6 is 0 Å². The van der Waals surface area contributed by atoms with E-state index in [9.17, 15) is 4.79 Å². The van der Waals surface area contributed by atoms with Crippen LogP contribution in [-0.4, -0.2) is 48.4 Å². The summed E-state index contributed by atoms with van der Waals surface area (Å²) in [5.74, 6) is 0.339. The number of rotatable bonds is 3. The molecule has 1 rings (SSSR count). The molecule has 0 saturated carbocycles. The van der Waals surface area contributed by atoms with Crippen LogP contribution < -0.4 is 0 Å². The normalized spacial score (nSPS) is 18.9. The van der Waals surface area contributed by atoms with Crippen molar-refractivity contribution in [1.29, 1.82) is 0 Å². The standard InChI is InChI=1S/C13H26N2O/c1-5-14-8-10-15(11-9-14)12(16)6-7-13(2,3)4/h5-11H2,1-4H3. The summed E-state index contributed by atoms with van der Waals surface area (Å²) in [5, 5.41) is 0. The molecule has 0 spiro atoms. The van der Waals surface area contributed by atoms with E-state index in [1.54, 1.807) is 0 Å². The maximum Gasteiger partial charge on any atom is 0.222 e. The van der Waals surface area contributed by atoms with Crippen LogP contribution in [0.5, 0.6) is 0 Å². The Morgan fingerprint density at radius 1 is 1.12 bits per heavy atom. The van der Waals surface area contributed by atoms with Gasteiger partial charge in [0, 0.05) is 32.6 Å². The lowest BCUT2D eigenvalue weighted by molar-refractivity contribution is -0.133. The first-order chi connectivity index (χ1) is 7.42. The van der Waals surface area contributed by atoms with Gasteiger partial charge in [-0.3, -0.25) is 4.79 Å². The van der Waals surface area contributed by atoms with Crippen LogP contribution in [0.2, 0.25) is 0 Å². The SMILES string of the molecule is CCN1CCN(C(=O)CCC(C)(C)C)CC1. The maximum absolute atomic E-state index is 11.9. The Balaban J connectivity index is 2.28. The zero-order chi connectivity index (χ0) is 12.2. The Labute approximate surface area is 99.8 Å². The van der Waals surface area contributed by atoms with E-state index in [0.29, 0.717) is 12.3 Å². The zero-order valence-corrected chi connectivity index (χ0v) is 11.3. The Kier molecular flexibility index (Phi) is 4.78. The summed E-state index contributed by atoms with van der Waals surface area (Å²) >= 11 is 0. The summed E-state index contributed by atoms with van der Waals surface area (Å²) in [6, 6.07) is 0. The molecule has 0 N–H and O–H groups in total. The second-order valence-corrected chi connectivity index (χ2v) is 5.88. The minimum atomic E-state index is 0.265. The summed E-state index contributed by atoms with van der Waals surface area (Å²) in [5.41, 5.74) is 0.265. The van der Waals surface area contributed by atoms with Crippen molar-refractivity contribution < 1.29 is 4.79 Å². The van der Waals surface area contributed by atoms with Crippen molar-refractivity contribution in [3.05, 3.63) is 0 Å². The summed E-state index contributed by atoms with van der Waals surface area (Å²) in [7, 11) is 0. The Hall–Kier alpha value is -0.570.